The number of hydrogen-bond donors (Lipinski definition) is 1. The highest BCUT2D eigenvalue weighted by Crippen LogP contribution is 2.37. The minimum Gasteiger partial charge on any atom is -0.497 e. The highest BCUT2D eigenvalue weighted by molar-refractivity contribution is 5.53. The summed E-state index contributed by atoms with van der Waals surface area (Å²) in [5.41, 5.74) is 3.04. The molecule has 150 valence electrons. The van der Waals surface area contributed by atoms with Crippen molar-refractivity contribution in [2.45, 2.75) is 32.4 Å². The number of aryl methyl sites for hydroxylation is 1. The Balaban J connectivity index is 1.54. The summed E-state index contributed by atoms with van der Waals surface area (Å²) in [6.07, 6.45) is 5.13. The van der Waals surface area contributed by atoms with E-state index in [-0.39, 0.29) is 11.9 Å². The van der Waals surface area contributed by atoms with E-state index in [0.29, 0.717) is 12.4 Å². The number of anilines is 2. The summed E-state index contributed by atoms with van der Waals surface area (Å²) >= 11 is 0. The van der Waals surface area contributed by atoms with Crippen molar-refractivity contribution >= 4 is 11.6 Å². The molecule has 0 radical (unpaired) electrons. The molecule has 1 atom stereocenters. The molecule has 1 aliphatic rings. The quantitative estimate of drug-likeness (QED) is 0.674. The van der Waals surface area contributed by atoms with Gasteiger partial charge in [-0.2, -0.15) is 4.39 Å². The summed E-state index contributed by atoms with van der Waals surface area (Å²) in [6, 6.07) is 11.9. The zero-order chi connectivity index (χ0) is 20.2. The molecule has 4 rings (SSSR count). The topological polar surface area (TPSA) is 63.2 Å². The van der Waals surface area contributed by atoms with E-state index in [0.717, 1.165) is 42.0 Å². The first-order valence-electron chi connectivity index (χ1n) is 9.72. The number of ether oxygens (including phenoxy) is 1. The molecule has 0 bridgehead atoms. The fourth-order valence-corrected chi connectivity index (χ4v) is 3.67. The van der Waals surface area contributed by atoms with Crippen LogP contribution in [0, 0.1) is 12.7 Å². The van der Waals surface area contributed by atoms with Gasteiger partial charge in [0.1, 0.15) is 12.1 Å². The number of benzene rings is 1. The molecule has 1 aromatic carbocycles. The van der Waals surface area contributed by atoms with Crippen molar-refractivity contribution in [3.05, 3.63) is 71.6 Å². The van der Waals surface area contributed by atoms with E-state index in [1.807, 2.05) is 48.2 Å². The first-order chi connectivity index (χ1) is 14.2. The third-order valence-corrected chi connectivity index (χ3v) is 5.23. The van der Waals surface area contributed by atoms with Gasteiger partial charge in [-0.15, -0.1) is 0 Å². The molecule has 3 aromatic rings. The van der Waals surface area contributed by atoms with Crippen LogP contribution in [0.1, 0.15) is 35.7 Å². The van der Waals surface area contributed by atoms with Gasteiger partial charge in [-0.1, -0.05) is 18.2 Å². The van der Waals surface area contributed by atoms with Gasteiger partial charge in [-0.3, -0.25) is 4.98 Å². The molecule has 0 spiro atoms. The van der Waals surface area contributed by atoms with Gasteiger partial charge in [0.05, 0.1) is 13.2 Å². The molecule has 1 fully saturated rings. The summed E-state index contributed by atoms with van der Waals surface area (Å²) in [6.45, 7) is 3.14. The lowest BCUT2D eigenvalue weighted by Gasteiger charge is -2.27. The first-order valence-corrected chi connectivity index (χ1v) is 9.72. The smallest absolute Gasteiger partial charge is 0.207 e. The Labute approximate surface area is 169 Å². The van der Waals surface area contributed by atoms with Crippen LogP contribution in [0.5, 0.6) is 5.75 Å². The molecule has 1 saturated heterocycles. The second-order valence-corrected chi connectivity index (χ2v) is 7.15. The molecule has 0 aliphatic carbocycles. The van der Waals surface area contributed by atoms with Gasteiger partial charge in [0.2, 0.25) is 5.82 Å². The van der Waals surface area contributed by atoms with E-state index >= 15 is 4.39 Å². The number of aromatic nitrogens is 3. The van der Waals surface area contributed by atoms with Gasteiger partial charge in [-0.25, -0.2) is 9.97 Å². The van der Waals surface area contributed by atoms with Crippen LogP contribution >= 0.6 is 0 Å². The maximum Gasteiger partial charge on any atom is 0.207 e. The second-order valence-electron chi connectivity index (χ2n) is 7.15. The summed E-state index contributed by atoms with van der Waals surface area (Å²) in [4.78, 5) is 14.7. The molecule has 6 nitrogen and oxygen atoms in total. The second kappa shape index (κ2) is 8.43. The van der Waals surface area contributed by atoms with Gasteiger partial charge >= 0.3 is 0 Å². The predicted molar refractivity (Wildman–Crippen MR) is 111 cm³/mol. The summed E-state index contributed by atoms with van der Waals surface area (Å²) in [5.74, 6) is 0.926. The monoisotopic (exact) mass is 393 g/mol. The fourth-order valence-electron chi connectivity index (χ4n) is 3.67. The molecule has 3 heterocycles. The molecule has 1 N–H and O–H groups in total. The zero-order valence-electron chi connectivity index (χ0n) is 16.6. The average molecular weight is 393 g/mol. The van der Waals surface area contributed by atoms with Crippen LogP contribution in [-0.2, 0) is 6.54 Å². The number of nitrogens with one attached hydrogen (secondary N) is 1. The lowest BCUT2D eigenvalue weighted by atomic mass is 10.0. The molecule has 1 unspecified atom stereocenters. The summed E-state index contributed by atoms with van der Waals surface area (Å²) < 4.78 is 20.5. The minimum atomic E-state index is -0.423. The molecule has 7 heteroatoms. The first kappa shape index (κ1) is 19.1. The van der Waals surface area contributed by atoms with Crippen molar-refractivity contribution in [2.24, 2.45) is 0 Å². The number of hydrogen-bond acceptors (Lipinski definition) is 6. The number of rotatable bonds is 6. The number of methoxy groups -OCH3 is 1. The molecule has 1 aliphatic heterocycles. The number of nitrogens with zero attached hydrogens (tertiary/aromatic N) is 4. The maximum absolute atomic E-state index is 15.2. The maximum atomic E-state index is 15.2. The van der Waals surface area contributed by atoms with E-state index < -0.39 is 5.82 Å². The van der Waals surface area contributed by atoms with Crippen molar-refractivity contribution in [2.75, 3.05) is 23.9 Å². The molecular weight excluding hydrogens is 369 g/mol. The summed E-state index contributed by atoms with van der Waals surface area (Å²) in [7, 11) is 1.65. The van der Waals surface area contributed by atoms with Gasteiger partial charge in [0, 0.05) is 25.0 Å². The zero-order valence-corrected chi connectivity index (χ0v) is 16.6. The largest absolute Gasteiger partial charge is 0.497 e. The predicted octanol–water partition coefficient (Wildman–Crippen LogP) is 4.28. The molecule has 0 amide bonds. The Morgan fingerprint density at radius 2 is 1.97 bits per heavy atom. The van der Waals surface area contributed by atoms with Crippen LogP contribution in [0.3, 0.4) is 0 Å². The third-order valence-electron chi connectivity index (χ3n) is 5.23. The lowest BCUT2D eigenvalue weighted by Crippen LogP contribution is -2.25. The van der Waals surface area contributed by atoms with Crippen LogP contribution in [-0.4, -0.2) is 28.6 Å². The van der Waals surface area contributed by atoms with Gasteiger partial charge in [-0.05, 0) is 49.1 Å². The van der Waals surface area contributed by atoms with Crippen molar-refractivity contribution in [3.63, 3.8) is 0 Å². The van der Waals surface area contributed by atoms with Crippen molar-refractivity contribution in [1.82, 2.24) is 15.0 Å². The van der Waals surface area contributed by atoms with Crippen molar-refractivity contribution in [1.29, 1.82) is 0 Å². The Hall–Kier alpha value is -3.22. The molecular formula is C22H24FN5O. The van der Waals surface area contributed by atoms with Crippen LogP contribution < -0.4 is 15.0 Å². The van der Waals surface area contributed by atoms with Gasteiger partial charge in [0.25, 0.3) is 0 Å². The number of pyridine rings is 1. The standard InChI is InChI=1S/C22H24FN5O/c1-15-5-6-16(12-24-15)13-25-21-20(23)22(27-14-26-21)28-11-3-4-19(28)17-7-9-18(29-2)10-8-17/h5-10,12,14,19H,3-4,11,13H2,1-2H3,(H,25,26,27). The highest BCUT2D eigenvalue weighted by Gasteiger charge is 2.30. The van der Waals surface area contributed by atoms with Gasteiger partial charge < -0.3 is 15.0 Å². The Morgan fingerprint density at radius 1 is 1.14 bits per heavy atom. The van der Waals surface area contributed by atoms with Crippen LogP contribution in [0.2, 0.25) is 0 Å². The SMILES string of the molecule is COc1ccc(C2CCCN2c2ncnc(NCc3ccc(C)nc3)c2F)cc1. The average Bonchev–Trinajstić information content (AvgIpc) is 3.24. The van der Waals surface area contributed by atoms with E-state index in [9.17, 15) is 0 Å². The molecule has 2 aromatic heterocycles. The van der Waals surface area contributed by atoms with Crippen LogP contribution in [0.4, 0.5) is 16.0 Å². The fraction of sp³-hybridized carbons (Fsp3) is 0.318. The highest BCUT2D eigenvalue weighted by atomic mass is 19.1. The third kappa shape index (κ3) is 4.13. The van der Waals surface area contributed by atoms with Crippen molar-refractivity contribution in [3.8, 4) is 5.75 Å². The van der Waals surface area contributed by atoms with Crippen LogP contribution in [0.25, 0.3) is 0 Å². The minimum absolute atomic E-state index is 0.0828. The molecule has 0 saturated carbocycles. The number of halogens is 1. The van der Waals surface area contributed by atoms with E-state index in [1.165, 1.54) is 6.33 Å². The van der Waals surface area contributed by atoms with Crippen molar-refractivity contribution < 1.29 is 9.13 Å². The normalized spacial score (nSPS) is 16.1. The van der Waals surface area contributed by atoms with E-state index in [1.54, 1.807) is 13.3 Å². The summed E-state index contributed by atoms with van der Waals surface area (Å²) in [5, 5.41) is 3.07. The van der Waals surface area contributed by atoms with Crippen LogP contribution in [0.15, 0.2) is 48.9 Å². The van der Waals surface area contributed by atoms with E-state index in [2.05, 4.69) is 20.3 Å². The Morgan fingerprint density at radius 3 is 2.69 bits per heavy atom. The van der Waals surface area contributed by atoms with Gasteiger partial charge in [0.15, 0.2) is 11.6 Å². The molecule has 29 heavy (non-hydrogen) atoms. The van der Waals surface area contributed by atoms with E-state index in [4.69, 9.17) is 4.74 Å². The Kier molecular flexibility index (Phi) is 5.55. The lowest BCUT2D eigenvalue weighted by molar-refractivity contribution is 0.414. The Bertz CT molecular complexity index is 962.